The van der Waals surface area contributed by atoms with Gasteiger partial charge in [-0.3, -0.25) is 4.79 Å². The zero-order chi connectivity index (χ0) is 11.8. The standard InChI is InChI=1S/C11H23NO3/c1-5-15-9(4)11(14)12-7-6-10(13)8(2)3/h8-10,13H,5-7H2,1-4H3,(H,12,14). The number of aliphatic hydroxyl groups excluding tert-OH is 1. The van der Waals surface area contributed by atoms with Crippen LogP contribution in [0.4, 0.5) is 0 Å². The van der Waals surface area contributed by atoms with Crippen molar-refractivity contribution in [2.75, 3.05) is 13.2 Å². The van der Waals surface area contributed by atoms with Crippen LogP contribution in [-0.4, -0.2) is 36.4 Å². The first-order chi connectivity index (χ1) is 6.99. The van der Waals surface area contributed by atoms with Gasteiger partial charge in [-0.05, 0) is 26.2 Å². The van der Waals surface area contributed by atoms with E-state index in [1.165, 1.54) is 0 Å². The summed E-state index contributed by atoms with van der Waals surface area (Å²) >= 11 is 0. The molecular formula is C11H23NO3. The van der Waals surface area contributed by atoms with Crippen molar-refractivity contribution < 1.29 is 14.6 Å². The summed E-state index contributed by atoms with van der Waals surface area (Å²) in [4.78, 5) is 11.4. The van der Waals surface area contributed by atoms with Crippen molar-refractivity contribution >= 4 is 5.91 Å². The molecule has 90 valence electrons. The molecule has 0 bridgehead atoms. The normalized spacial score (nSPS) is 15.1. The van der Waals surface area contributed by atoms with Crippen LogP contribution in [0, 0.1) is 5.92 Å². The van der Waals surface area contributed by atoms with E-state index in [0.29, 0.717) is 19.6 Å². The zero-order valence-corrected chi connectivity index (χ0v) is 10.1. The SMILES string of the molecule is CCOC(C)C(=O)NCCC(O)C(C)C. The molecule has 0 aliphatic rings. The van der Waals surface area contributed by atoms with Crippen molar-refractivity contribution in [3.05, 3.63) is 0 Å². The number of hydrogen-bond acceptors (Lipinski definition) is 3. The fraction of sp³-hybridized carbons (Fsp3) is 0.909. The summed E-state index contributed by atoms with van der Waals surface area (Å²) < 4.78 is 5.13. The Bertz CT molecular complexity index is 183. The van der Waals surface area contributed by atoms with Gasteiger partial charge in [-0.15, -0.1) is 0 Å². The summed E-state index contributed by atoms with van der Waals surface area (Å²) in [5.74, 6) is 0.110. The molecular weight excluding hydrogens is 194 g/mol. The maximum absolute atomic E-state index is 11.4. The van der Waals surface area contributed by atoms with Gasteiger partial charge < -0.3 is 15.2 Å². The lowest BCUT2D eigenvalue weighted by Gasteiger charge is -2.16. The molecule has 4 heteroatoms. The Morgan fingerprint density at radius 3 is 2.47 bits per heavy atom. The third-order valence-electron chi connectivity index (χ3n) is 2.29. The minimum Gasteiger partial charge on any atom is -0.393 e. The van der Waals surface area contributed by atoms with Crippen molar-refractivity contribution in [1.82, 2.24) is 5.32 Å². The van der Waals surface area contributed by atoms with E-state index in [0.717, 1.165) is 0 Å². The molecule has 15 heavy (non-hydrogen) atoms. The highest BCUT2D eigenvalue weighted by Crippen LogP contribution is 2.04. The van der Waals surface area contributed by atoms with E-state index in [4.69, 9.17) is 4.74 Å². The molecule has 2 atom stereocenters. The minimum absolute atomic E-state index is 0.118. The third-order valence-corrected chi connectivity index (χ3v) is 2.29. The zero-order valence-electron chi connectivity index (χ0n) is 10.1. The summed E-state index contributed by atoms with van der Waals surface area (Å²) in [6, 6.07) is 0. The largest absolute Gasteiger partial charge is 0.393 e. The lowest BCUT2D eigenvalue weighted by molar-refractivity contribution is -0.131. The second kappa shape index (κ2) is 7.65. The fourth-order valence-electron chi connectivity index (χ4n) is 1.15. The van der Waals surface area contributed by atoms with Crippen LogP contribution in [0.3, 0.4) is 0 Å². The molecule has 1 amide bonds. The van der Waals surface area contributed by atoms with E-state index in [-0.39, 0.29) is 17.9 Å². The van der Waals surface area contributed by atoms with E-state index < -0.39 is 6.10 Å². The number of aliphatic hydroxyl groups is 1. The minimum atomic E-state index is -0.411. The average Bonchev–Trinajstić information content (AvgIpc) is 2.17. The molecule has 2 unspecified atom stereocenters. The first-order valence-corrected chi connectivity index (χ1v) is 5.56. The predicted molar refractivity (Wildman–Crippen MR) is 59.6 cm³/mol. The van der Waals surface area contributed by atoms with Gasteiger partial charge in [0.2, 0.25) is 5.91 Å². The Kier molecular flexibility index (Phi) is 7.34. The summed E-state index contributed by atoms with van der Waals surface area (Å²) in [5, 5.41) is 12.2. The fourth-order valence-corrected chi connectivity index (χ4v) is 1.15. The van der Waals surface area contributed by atoms with Crippen molar-refractivity contribution in [2.45, 2.75) is 46.3 Å². The number of ether oxygens (including phenoxy) is 1. The topological polar surface area (TPSA) is 58.6 Å². The van der Waals surface area contributed by atoms with Gasteiger partial charge in [0.25, 0.3) is 0 Å². The van der Waals surface area contributed by atoms with E-state index in [2.05, 4.69) is 5.32 Å². The lowest BCUT2D eigenvalue weighted by atomic mass is 10.0. The molecule has 0 radical (unpaired) electrons. The molecule has 0 aromatic carbocycles. The summed E-state index contributed by atoms with van der Waals surface area (Å²) in [7, 11) is 0. The van der Waals surface area contributed by atoms with Crippen molar-refractivity contribution in [3.63, 3.8) is 0 Å². The van der Waals surface area contributed by atoms with Gasteiger partial charge in [0.05, 0.1) is 6.10 Å². The Hall–Kier alpha value is -0.610. The van der Waals surface area contributed by atoms with Crippen LogP contribution in [-0.2, 0) is 9.53 Å². The van der Waals surface area contributed by atoms with Gasteiger partial charge in [-0.1, -0.05) is 13.8 Å². The lowest BCUT2D eigenvalue weighted by Crippen LogP contribution is -2.36. The van der Waals surface area contributed by atoms with Gasteiger partial charge >= 0.3 is 0 Å². The molecule has 0 heterocycles. The Morgan fingerprint density at radius 1 is 1.40 bits per heavy atom. The van der Waals surface area contributed by atoms with Gasteiger partial charge in [0.15, 0.2) is 0 Å². The van der Waals surface area contributed by atoms with Crippen molar-refractivity contribution in [3.8, 4) is 0 Å². The average molecular weight is 217 g/mol. The van der Waals surface area contributed by atoms with E-state index in [1.807, 2.05) is 20.8 Å². The molecule has 0 fully saturated rings. The number of carbonyl (C=O) groups excluding carboxylic acids is 1. The second-order valence-corrected chi connectivity index (χ2v) is 3.99. The monoisotopic (exact) mass is 217 g/mol. The molecule has 0 spiro atoms. The number of amides is 1. The Labute approximate surface area is 92.0 Å². The molecule has 0 aliphatic carbocycles. The van der Waals surface area contributed by atoms with Gasteiger partial charge in [0.1, 0.15) is 6.10 Å². The quantitative estimate of drug-likeness (QED) is 0.667. The number of nitrogens with one attached hydrogen (secondary N) is 1. The van der Waals surface area contributed by atoms with Crippen LogP contribution in [0.5, 0.6) is 0 Å². The predicted octanol–water partition coefficient (Wildman–Crippen LogP) is 0.935. The molecule has 4 nitrogen and oxygen atoms in total. The Morgan fingerprint density at radius 2 is 2.00 bits per heavy atom. The molecule has 0 aromatic heterocycles. The first kappa shape index (κ1) is 14.4. The van der Waals surface area contributed by atoms with Crippen LogP contribution >= 0.6 is 0 Å². The van der Waals surface area contributed by atoms with E-state index >= 15 is 0 Å². The van der Waals surface area contributed by atoms with Gasteiger partial charge in [0, 0.05) is 13.2 Å². The Balaban J connectivity index is 3.63. The highest BCUT2D eigenvalue weighted by Gasteiger charge is 2.13. The second-order valence-electron chi connectivity index (χ2n) is 3.99. The summed E-state index contributed by atoms with van der Waals surface area (Å²) in [6.45, 7) is 8.51. The van der Waals surface area contributed by atoms with Crippen molar-refractivity contribution in [1.29, 1.82) is 0 Å². The summed E-state index contributed by atoms with van der Waals surface area (Å²) in [5.41, 5.74) is 0. The van der Waals surface area contributed by atoms with Crippen LogP contribution in [0.1, 0.15) is 34.1 Å². The van der Waals surface area contributed by atoms with Crippen molar-refractivity contribution in [2.24, 2.45) is 5.92 Å². The maximum atomic E-state index is 11.4. The maximum Gasteiger partial charge on any atom is 0.248 e. The highest BCUT2D eigenvalue weighted by atomic mass is 16.5. The molecule has 0 aliphatic heterocycles. The third kappa shape index (κ3) is 6.47. The van der Waals surface area contributed by atoms with Gasteiger partial charge in [-0.25, -0.2) is 0 Å². The molecule has 0 aromatic rings. The summed E-state index contributed by atoms with van der Waals surface area (Å²) in [6.07, 6.45) is -0.179. The van der Waals surface area contributed by atoms with Crippen LogP contribution in [0.2, 0.25) is 0 Å². The molecule has 2 N–H and O–H groups in total. The molecule has 0 saturated carbocycles. The molecule has 0 rings (SSSR count). The number of hydrogen-bond donors (Lipinski definition) is 2. The van der Waals surface area contributed by atoms with Gasteiger partial charge in [-0.2, -0.15) is 0 Å². The number of carbonyl (C=O) groups is 1. The van der Waals surface area contributed by atoms with Crippen LogP contribution < -0.4 is 5.32 Å². The van der Waals surface area contributed by atoms with E-state index in [9.17, 15) is 9.90 Å². The number of rotatable bonds is 7. The molecule has 0 saturated heterocycles. The smallest absolute Gasteiger partial charge is 0.248 e. The van der Waals surface area contributed by atoms with Crippen LogP contribution in [0.15, 0.2) is 0 Å². The van der Waals surface area contributed by atoms with E-state index in [1.54, 1.807) is 6.92 Å². The highest BCUT2D eigenvalue weighted by molar-refractivity contribution is 5.80. The first-order valence-electron chi connectivity index (χ1n) is 5.56. The van der Waals surface area contributed by atoms with Crippen LogP contribution in [0.25, 0.3) is 0 Å².